The van der Waals surface area contributed by atoms with Gasteiger partial charge in [-0.3, -0.25) is 0 Å². The second-order valence-corrected chi connectivity index (χ2v) is 2.80. The Labute approximate surface area is 60.1 Å². The van der Waals surface area contributed by atoms with Gasteiger partial charge in [-0.15, -0.1) is 0 Å². The fourth-order valence-corrected chi connectivity index (χ4v) is 1.37. The first-order valence-corrected chi connectivity index (χ1v) is 3.35. The lowest BCUT2D eigenvalue weighted by atomic mass is 10.0. The molecule has 0 saturated carbocycles. The average molecular weight is 138 g/mol. The van der Waals surface area contributed by atoms with Crippen molar-refractivity contribution < 1.29 is 9.47 Å². The van der Waals surface area contributed by atoms with Crippen molar-refractivity contribution in [2.45, 2.75) is 18.3 Å². The van der Waals surface area contributed by atoms with Crippen molar-refractivity contribution in [3.63, 3.8) is 0 Å². The van der Waals surface area contributed by atoms with Crippen molar-refractivity contribution in [2.24, 2.45) is 0 Å². The zero-order valence-electron chi connectivity index (χ0n) is 6.13. The lowest BCUT2D eigenvalue weighted by molar-refractivity contribution is 0.0298. The summed E-state index contributed by atoms with van der Waals surface area (Å²) in [5, 5.41) is 0. The SMILES string of the molecule is COC12C=CC=CC1(C)O2. The molecule has 1 fully saturated rings. The molecular weight excluding hydrogens is 128 g/mol. The third kappa shape index (κ3) is 0.509. The van der Waals surface area contributed by atoms with E-state index in [9.17, 15) is 0 Å². The molecule has 2 heteroatoms. The lowest BCUT2D eigenvalue weighted by Gasteiger charge is -2.09. The first kappa shape index (κ1) is 6.13. The summed E-state index contributed by atoms with van der Waals surface area (Å²) in [5.74, 6) is -0.443. The molecular formula is C8H10O2. The number of epoxide rings is 1. The van der Waals surface area contributed by atoms with Crippen molar-refractivity contribution in [1.82, 2.24) is 0 Å². The molecule has 0 aromatic carbocycles. The second-order valence-electron chi connectivity index (χ2n) is 2.80. The van der Waals surface area contributed by atoms with Crippen LogP contribution in [0.15, 0.2) is 24.3 Å². The number of methoxy groups -OCH3 is 1. The van der Waals surface area contributed by atoms with Crippen LogP contribution in [0.2, 0.25) is 0 Å². The fraction of sp³-hybridized carbons (Fsp3) is 0.500. The molecule has 2 unspecified atom stereocenters. The Morgan fingerprint density at radius 3 is 2.50 bits per heavy atom. The van der Waals surface area contributed by atoms with Crippen LogP contribution in [-0.4, -0.2) is 18.5 Å². The van der Waals surface area contributed by atoms with Gasteiger partial charge in [0, 0.05) is 7.11 Å². The van der Waals surface area contributed by atoms with E-state index in [0.717, 1.165) is 0 Å². The highest BCUT2D eigenvalue weighted by Crippen LogP contribution is 2.52. The standard InChI is InChI=1S/C8H10O2/c1-7-5-3-4-6-8(7,9-2)10-7/h3-6H,1-2H3. The van der Waals surface area contributed by atoms with Crippen LogP contribution in [0.25, 0.3) is 0 Å². The molecule has 1 aliphatic heterocycles. The van der Waals surface area contributed by atoms with Crippen LogP contribution in [0.3, 0.4) is 0 Å². The quantitative estimate of drug-likeness (QED) is 0.508. The van der Waals surface area contributed by atoms with Crippen LogP contribution in [-0.2, 0) is 9.47 Å². The van der Waals surface area contributed by atoms with E-state index in [-0.39, 0.29) is 5.60 Å². The molecule has 54 valence electrons. The molecule has 2 rings (SSSR count). The molecule has 2 atom stereocenters. The molecule has 0 N–H and O–H groups in total. The molecule has 0 amide bonds. The summed E-state index contributed by atoms with van der Waals surface area (Å²) in [6, 6.07) is 0. The van der Waals surface area contributed by atoms with Gasteiger partial charge in [-0.25, -0.2) is 0 Å². The molecule has 1 saturated heterocycles. The van der Waals surface area contributed by atoms with Crippen LogP contribution < -0.4 is 0 Å². The van der Waals surface area contributed by atoms with Gasteiger partial charge < -0.3 is 9.47 Å². The van der Waals surface area contributed by atoms with Gasteiger partial charge >= 0.3 is 0 Å². The number of allylic oxidation sites excluding steroid dienone is 2. The van der Waals surface area contributed by atoms with Crippen LogP contribution >= 0.6 is 0 Å². The molecule has 2 aliphatic rings. The van der Waals surface area contributed by atoms with Crippen molar-refractivity contribution in [2.75, 3.05) is 7.11 Å². The van der Waals surface area contributed by atoms with Crippen LogP contribution in [0, 0.1) is 0 Å². The summed E-state index contributed by atoms with van der Waals surface area (Å²) in [5.41, 5.74) is -0.198. The molecule has 0 spiro atoms. The first-order valence-electron chi connectivity index (χ1n) is 3.35. The summed E-state index contributed by atoms with van der Waals surface area (Å²) in [6.07, 6.45) is 7.87. The normalized spacial score (nSPS) is 49.0. The van der Waals surface area contributed by atoms with E-state index in [1.807, 2.05) is 31.2 Å². The van der Waals surface area contributed by atoms with Crippen LogP contribution in [0.4, 0.5) is 0 Å². The van der Waals surface area contributed by atoms with E-state index in [1.54, 1.807) is 7.11 Å². The third-order valence-corrected chi connectivity index (χ3v) is 2.16. The van der Waals surface area contributed by atoms with Gasteiger partial charge in [-0.1, -0.05) is 12.2 Å². The van der Waals surface area contributed by atoms with Crippen LogP contribution in [0.5, 0.6) is 0 Å². The van der Waals surface area contributed by atoms with Gasteiger partial charge in [0.1, 0.15) is 5.60 Å². The Kier molecular flexibility index (Phi) is 0.932. The van der Waals surface area contributed by atoms with Gasteiger partial charge in [0.05, 0.1) is 0 Å². The third-order valence-electron chi connectivity index (χ3n) is 2.16. The van der Waals surface area contributed by atoms with Gasteiger partial charge in [-0.05, 0) is 19.1 Å². The minimum atomic E-state index is -0.443. The Balaban J connectivity index is 2.32. The van der Waals surface area contributed by atoms with E-state index in [0.29, 0.717) is 0 Å². The predicted octanol–water partition coefficient (Wildman–Crippen LogP) is 1.24. The summed E-state index contributed by atoms with van der Waals surface area (Å²) in [6.45, 7) is 2.01. The number of ether oxygens (including phenoxy) is 2. The Bertz CT molecular complexity index is 219. The topological polar surface area (TPSA) is 21.8 Å². The van der Waals surface area contributed by atoms with Crippen LogP contribution in [0.1, 0.15) is 6.92 Å². The molecule has 0 radical (unpaired) electrons. The number of hydrogen-bond acceptors (Lipinski definition) is 2. The zero-order chi connectivity index (χ0) is 7.24. The maximum absolute atomic E-state index is 5.41. The minimum absolute atomic E-state index is 0.198. The molecule has 1 aliphatic carbocycles. The first-order chi connectivity index (χ1) is 4.72. The molecule has 2 nitrogen and oxygen atoms in total. The second kappa shape index (κ2) is 1.52. The van der Waals surface area contributed by atoms with Crippen molar-refractivity contribution in [1.29, 1.82) is 0 Å². The maximum atomic E-state index is 5.41. The largest absolute Gasteiger partial charge is 0.347 e. The van der Waals surface area contributed by atoms with Gasteiger partial charge in [0.15, 0.2) is 0 Å². The smallest absolute Gasteiger partial charge is 0.222 e. The Morgan fingerprint density at radius 2 is 2.00 bits per heavy atom. The van der Waals surface area contributed by atoms with Crippen molar-refractivity contribution in [3.05, 3.63) is 24.3 Å². The number of fused-ring (bicyclic) bond motifs is 1. The molecule has 10 heavy (non-hydrogen) atoms. The summed E-state index contributed by atoms with van der Waals surface area (Å²) in [4.78, 5) is 0. The number of rotatable bonds is 1. The lowest BCUT2D eigenvalue weighted by Crippen LogP contribution is -2.22. The van der Waals surface area contributed by atoms with Gasteiger partial charge in [0.2, 0.25) is 5.79 Å². The zero-order valence-corrected chi connectivity index (χ0v) is 6.13. The van der Waals surface area contributed by atoms with E-state index in [2.05, 4.69) is 0 Å². The average Bonchev–Trinajstić information content (AvgIpc) is 2.56. The highest BCUT2D eigenvalue weighted by atomic mass is 16.8. The highest BCUT2D eigenvalue weighted by Gasteiger charge is 2.65. The summed E-state index contributed by atoms with van der Waals surface area (Å²) < 4.78 is 10.6. The molecule has 1 heterocycles. The molecule has 0 aromatic rings. The van der Waals surface area contributed by atoms with E-state index in [1.165, 1.54) is 0 Å². The van der Waals surface area contributed by atoms with E-state index in [4.69, 9.17) is 9.47 Å². The van der Waals surface area contributed by atoms with Gasteiger partial charge in [-0.2, -0.15) is 0 Å². The maximum Gasteiger partial charge on any atom is 0.222 e. The fourth-order valence-electron chi connectivity index (χ4n) is 1.37. The summed E-state index contributed by atoms with van der Waals surface area (Å²) >= 11 is 0. The Hall–Kier alpha value is -0.600. The summed E-state index contributed by atoms with van der Waals surface area (Å²) in [7, 11) is 1.66. The minimum Gasteiger partial charge on any atom is -0.347 e. The Morgan fingerprint density at radius 1 is 1.30 bits per heavy atom. The number of hydrogen-bond donors (Lipinski definition) is 0. The van der Waals surface area contributed by atoms with Crippen molar-refractivity contribution in [3.8, 4) is 0 Å². The van der Waals surface area contributed by atoms with E-state index >= 15 is 0 Å². The van der Waals surface area contributed by atoms with Crippen molar-refractivity contribution >= 4 is 0 Å². The highest BCUT2D eigenvalue weighted by molar-refractivity contribution is 5.34. The molecule has 0 bridgehead atoms. The molecule has 0 aromatic heterocycles. The van der Waals surface area contributed by atoms with E-state index < -0.39 is 5.79 Å². The van der Waals surface area contributed by atoms with Gasteiger partial charge in [0.25, 0.3) is 0 Å². The monoisotopic (exact) mass is 138 g/mol. The predicted molar refractivity (Wildman–Crippen MR) is 37.5 cm³/mol.